The molecule has 0 saturated carbocycles. The Labute approximate surface area is 118 Å². The molecule has 1 saturated heterocycles. The van der Waals surface area contributed by atoms with Gasteiger partial charge in [0, 0.05) is 19.6 Å². The highest BCUT2D eigenvalue weighted by Crippen LogP contribution is 2.18. The van der Waals surface area contributed by atoms with Crippen LogP contribution in [0.25, 0.3) is 0 Å². The van der Waals surface area contributed by atoms with Gasteiger partial charge in [-0.3, -0.25) is 0 Å². The summed E-state index contributed by atoms with van der Waals surface area (Å²) in [5.74, 6) is 0.619. The standard InChI is InChI=1S/C13H29N3O2S/c1-3-5-9-15-19(17,18)16-10-6-13(7-11-16)12-14-8-4-2/h13-15H,3-12H2,1-2H3. The van der Waals surface area contributed by atoms with Crippen LogP contribution in [-0.4, -0.2) is 45.4 Å². The van der Waals surface area contributed by atoms with E-state index in [0.29, 0.717) is 25.6 Å². The summed E-state index contributed by atoms with van der Waals surface area (Å²) in [5, 5.41) is 3.42. The second kappa shape index (κ2) is 8.89. The van der Waals surface area contributed by atoms with Gasteiger partial charge in [-0.05, 0) is 44.7 Å². The maximum atomic E-state index is 12.0. The Balaban J connectivity index is 2.28. The highest BCUT2D eigenvalue weighted by atomic mass is 32.2. The first kappa shape index (κ1) is 16.9. The van der Waals surface area contributed by atoms with Crippen LogP contribution in [0.15, 0.2) is 0 Å². The highest BCUT2D eigenvalue weighted by molar-refractivity contribution is 7.87. The van der Waals surface area contributed by atoms with Crippen LogP contribution in [0.4, 0.5) is 0 Å². The predicted molar refractivity (Wildman–Crippen MR) is 79.3 cm³/mol. The van der Waals surface area contributed by atoms with Gasteiger partial charge in [0.25, 0.3) is 10.2 Å². The lowest BCUT2D eigenvalue weighted by molar-refractivity contribution is 0.265. The molecule has 1 heterocycles. The molecule has 0 bridgehead atoms. The van der Waals surface area contributed by atoms with Gasteiger partial charge in [-0.15, -0.1) is 0 Å². The minimum Gasteiger partial charge on any atom is -0.316 e. The van der Waals surface area contributed by atoms with Crippen LogP contribution < -0.4 is 10.0 Å². The van der Waals surface area contributed by atoms with Crippen LogP contribution in [0, 0.1) is 5.92 Å². The van der Waals surface area contributed by atoms with E-state index in [4.69, 9.17) is 0 Å². The number of piperidine rings is 1. The van der Waals surface area contributed by atoms with Crippen LogP contribution in [0.2, 0.25) is 0 Å². The first-order chi connectivity index (χ1) is 9.10. The largest absolute Gasteiger partial charge is 0.316 e. The number of nitrogens with zero attached hydrogens (tertiary/aromatic N) is 1. The molecular formula is C13H29N3O2S. The molecular weight excluding hydrogens is 262 g/mol. The summed E-state index contributed by atoms with van der Waals surface area (Å²) >= 11 is 0. The van der Waals surface area contributed by atoms with Crippen LogP contribution >= 0.6 is 0 Å². The van der Waals surface area contributed by atoms with Crippen molar-refractivity contribution in [2.24, 2.45) is 5.92 Å². The molecule has 19 heavy (non-hydrogen) atoms. The third kappa shape index (κ3) is 6.21. The van der Waals surface area contributed by atoms with Crippen molar-refractivity contribution in [3.63, 3.8) is 0 Å². The molecule has 0 atom stereocenters. The average molecular weight is 291 g/mol. The van der Waals surface area contributed by atoms with Crippen LogP contribution in [-0.2, 0) is 10.2 Å². The number of nitrogens with one attached hydrogen (secondary N) is 2. The summed E-state index contributed by atoms with van der Waals surface area (Å²) < 4.78 is 28.3. The van der Waals surface area contributed by atoms with Gasteiger partial charge in [0.1, 0.15) is 0 Å². The quantitative estimate of drug-likeness (QED) is 0.630. The smallest absolute Gasteiger partial charge is 0.279 e. The van der Waals surface area contributed by atoms with Crippen LogP contribution in [0.5, 0.6) is 0 Å². The van der Waals surface area contributed by atoms with Gasteiger partial charge in [0.15, 0.2) is 0 Å². The number of rotatable bonds is 9. The zero-order chi connectivity index (χ0) is 14.1. The Morgan fingerprint density at radius 1 is 1.11 bits per heavy atom. The second-order valence-corrected chi connectivity index (χ2v) is 7.05. The third-order valence-electron chi connectivity index (χ3n) is 3.59. The van der Waals surface area contributed by atoms with Crippen molar-refractivity contribution in [3.05, 3.63) is 0 Å². The Morgan fingerprint density at radius 3 is 2.37 bits per heavy atom. The van der Waals surface area contributed by atoms with Crippen molar-refractivity contribution >= 4 is 10.2 Å². The molecule has 0 amide bonds. The molecule has 0 aromatic carbocycles. The normalized spacial score (nSPS) is 18.8. The SMILES string of the molecule is CCCCNS(=O)(=O)N1CCC(CNCCC)CC1. The van der Waals surface area contributed by atoms with Gasteiger partial charge in [-0.1, -0.05) is 20.3 Å². The fourth-order valence-electron chi connectivity index (χ4n) is 2.31. The molecule has 1 rings (SSSR count). The van der Waals surface area contributed by atoms with E-state index in [-0.39, 0.29) is 0 Å². The zero-order valence-electron chi connectivity index (χ0n) is 12.3. The molecule has 5 nitrogen and oxygen atoms in total. The van der Waals surface area contributed by atoms with E-state index in [2.05, 4.69) is 23.9 Å². The topological polar surface area (TPSA) is 61.4 Å². The minimum absolute atomic E-state index is 0.552. The first-order valence-corrected chi connectivity index (χ1v) is 8.99. The van der Waals surface area contributed by atoms with Crippen molar-refractivity contribution < 1.29 is 8.42 Å². The molecule has 1 aliphatic rings. The van der Waals surface area contributed by atoms with Gasteiger partial charge in [0.05, 0.1) is 0 Å². The van der Waals surface area contributed by atoms with Crippen molar-refractivity contribution in [2.45, 2.75) is 46.0 Å². The van der Waals surface area contributed by atoms with E-state index in [1.165, 1.54) is 0 Å². The molecule has 1 aliphatic heterocycles. The third-order valence-corrected chi connectivity index (χ3v) is 5.20. The van der Waals surface area contributed by atoms with E-state index in [1.54, 1.807) is 4.31 Å². The summed E-state index contributed by atoms with van der Waals surface area (Å²) in [6.07, 6.45) is 4.98. The van der Waals surface area contributed by atoms with Gasteiger partial charge < -0.3 is 5.32 Å². The molecule has 0 spiro atoms. The summed E-state index contributed by atoms with van der Waals surface area (Å²) in [5.41, 5.74) is 0. The predicted octanol–water partition coefficient (Wildman–Crippen LogP) is 1.33. The number of hydrogen-bond acceptors (Lipinski definition) is 3. The van der Waals surface area contributed by atoms with Gasteiger partial charge in [0.2, 0.25) is 0 Å². The molecule has 114 valence electrons. The van der Waals surface area contributed by atoms with Crippen molar-refractivity contribution in [1.29, 1.82) is 0 Å². The molecule has 2 N–H and O–H groups in total. The molecule has 0 radical (unpaired) electrons. The Hall–Kier alpha value is -0.170. The van der Waals surface area contributed by atoms with Gasteiger partial charge in [-0.25, -0.2) is 4.72 Å². The lowest BCUT2D eigenvalue weighted by Crippen LogP contribution is -2.46. The summed E-state index contributed by atoms with van der Waals surface area (Å²) in [6, 6.07) is 0. The van der Waals surface area contributed by atoms with Gasteiger partial charge in [-0.2, -0.15) is 12.7 Å². The first-order valence-electron chi connectivity index (χ1n) is 7.55. The Kier molecular flexibility index (Phi) is 7.90. The fraction of sp³-hybridized carbons (Fsp3) is 1.00. The zero-order valence-corrected chi connectivity index (χ0v) is 13.1. The minimum atomic E-state index is -3.24. The molecule has 0 aromatic heterocycles. The van der Waals surface area contributed by atoms with Crippen molar-refractivity contribution in [1.82, 2.24) is 14.3 Å². The second-order valence-electron chi connectivity index (χ2n) is 5.30. The lowest BCUT2D eigenvalue weighted by Gasteiger charge is -2.31. The van der Waals surface area contributed by atoms with E-state index in [1.807, 2.05) is 0 Å². The van der Waals surface area contributed by atoms with E-state index < -0.39 is 10.2 Å². The van der Waals surface area contributed by atoms with Crippen LogP contribution in [0.3, 0.4) is 0 Å². The van der Waals surface area contributed by atoms with Crippen molar-refractivity contribution in [3.8, 4) is 0 Å². The molecule has 0 aliphatic carbocycles. The molecule has 0 unspecified atom stereocenters. The van der Waals surface area contributed by atoms with E-state index in [0.717, 1.165) is 45.2 Å². The number of unbranched alkanes of at least 4 members (excludes halogenated alkanes) is 1. The summed E-state index contributed by atoms with van der Waals surface area (Å²) in [4.78, 5) is 0. The van der Waals surface area contributed by atoms with E-state index in [9.17, 15) is 8.42 Å². The summed E-state index contributed by atoms with van der Waals surface area (Å²) in [7, 11) is -3.24. The fourth-order valence-corrected chi connectivity index (χ4v) is 3.58. The van der Waals surface area contributed by atoms with Crippen LogP contribution in [0.1, 0.15) is 46.0 Å². The molecule has 0 aromatic rings. The lowest BCUT2D eigenvalue weighted by atomic mass is 9.98. The summed E-state index contributed by atoms with van der Waals surface area (Å²) in [6.45, 7) is 8.14. The Morgan fingerprint density at radius 2 is 1.79 bits per heavy atom. The van der Waals surface area contributed by atoms with Crippen molar-refractivity contribution in [2.75, 3.05) is 32.7 Å². The maximum absolute atomic E-state index is 12.0. The van der Waals surface area contributed by atoms with Gasteiger partial charge >= 0.3 is 0 Å². The Bertz CT molecular complexity index is 325. The molecule has 1 fully saturated rings. The van der Waals surface area contributed by atoms with E-state index >= 15 is 0 Å². The molecule has 6 heteroatoms. The average Bonchev–Trinajstić information content (AvgIpc) is 2.40. The number of hydrogen-bond donors (Lipinski definition) is 2. The monoisotopic (exact) mass is 291 g/mol. The highest BCUT2D eigenvalue weighted by Gasteiger charge is 2.27. The maximum Gasteiger partial charge on any atom is 0.279 e.